The SMILES string of the molecule is O=C(NCC1CCCN1S(=O)(=O)c1cccc(Cl)c1)NC1CCCCCCC1. The molecule has 1 atom stereocenters. The Hall–Kier alpha value is -1.31. The van der Waals surface area contributed by atoms with Crippen molar-refractivity contribution in [2.24, 2.45) is 0 Å². The standard InChI is InChI=1S/C20H30ClN3O3S/c21-16-8-6-12-19(14-16)28(26,27)24-13-7-11-18(24)15-22-20(25)23-17-9-4-2-1-3-5-10-17/h6,8,12,14,17-18H,1-5,7,9-11,13,15H2,(H2,22,23,25). The van der Waals surface area contributed by atoms with Crippen LogP contribution in [-0.4, -0.2) is 43.9 Å². The first-order valence-corrected chi connectivity index (χ1v) is 12.1. The molecule has 2 N–H and O–H groups in total. The molecule has 2 fully saturated rings. The van der Waals surface area contributed by atoms with E-state index in [4.69, 9.17) is 11.6 Å². The van der Waals surface area contributed by atoms with Crippen LogP contribution in [-0.2, 0) is 10.0 Å². The molecule has 8 heteroatoms. The number of amides is 2. The molecule has 28 heavy (non-hydrogen) atoms. The van der Waals surface area contributed by atoms with Crippen LogP contribution >= 0.6 is 11.6 Å². The molecular formula is C20H30ClN3O3S. The normalized spacial score (nSPS) is 22.4. The van der Waals surface area contributed by atoms with Gasteiger partial charge in [0.15, 0.2) is 0 Å². The summed E-state index contributed by atoms with van der Waals surface area (Å²) in [7, 11) is -3.62. The molecule has 1 aromatic carbocycles. The molecule has 156 valence electrons. The summed E-state index contributed by atoms with van der Waals surface area (Å²) in [5.74, 6) is 0. The first-order chi connectivity index (χ1) is 13.5. The number of sulfonamides is 1. The van der Waals surface area contributed by atoms with Gasteiger partial charge in [-0.25, -0.2) is 13.2 Å². The van der Waals surface area contributed by atoms with Crippen LogP contribution in [0.25, 0.3) is 0 Å². The Morgan fingerprint density at radius 1 is 1.07 bits per heavy atom. The van der Waals surface area contributed by atoms with Gasteiger partial charge in [-0.05, 0) is 43.9 Å². The molecule has 0 spiro atoms. The van der Waals surface area contributed by atoms with Crippen molar-refractivity contribution >= 4 is 27.7 Å². The van der Waals surface area contributed by atoms with Gasteiger partial charge >= 0.3 is 6.03 Å². The van der Waals surface area contributed by atoms with E-state index in [-0.39, 0.29) is 23.0 Å². The molecule has 3 rings (SSSR count). The third-order valence-corrected chi connectivity index (χ3v) is 7.85. The number of hydrogen-bond donors (Lipinski definition) is 2. The Morgan fingerprint density at radius 3 is 2.50 bits per heavy atom. The largest absolute Gasteiger partial charge is 0.337 e. The lowest BCUT2D eigenvalue weighted by atomic mass is 9.97. The van der Waals surface area contributed by atoms with Crippen molar-refractivity contribution in [3.63, 3.8) is 0 Å². The van der Waals surface area contributed by atoms with Crippen molar-refractivity contribution in [3.8, 4) is 0 Å². The van der Waals surface area contributed by atoms with Gasteiger partial charge in [-0.2, -0.15) is 4.31 Å². The summed E-state index contributed by atoms with van der Waals surface area (Å²) >= 11 is 5.96. The van der Waals surface area contributed by atoms with Gasteiger partial charge in [0.05, 0.1) is 4.90 Å². The number of rotatable bonds is 5. The van der Waals surface area contributed by atoms with E-state index in [1.54, 1.807) is 18.2 Å². The lowest BCUT2D eigenvalue weighted by Crippen LogP contribution is -2.48. The van der Waals surface area contributed by atoms with Crippen molar-refractivity contribution in [3.05, 3.63) is 29.3 Å². The minimum absolute atomic E-state index is 0.197. The highest BCUT2D eigenvalue weighted by molar-refractivity contribution is 7.89. The zero-order valence-corrected chi connectivity index (χ0v) is 17.8. The van der Waals surface area contributed by atoms with Gasteiger partial charge < -0.3 is 10.6 Å². The van der Waals surface area contributed by atoms with E-state index in [0.29, 0.717) is 18.1 Å². The van der Waals surface area contributed by atoms with Crippen molar-refractivity contribution < 1.29 is 13.2 Å². The average Bonchev–Trinajstić information content (AvgIpc) is 3.12. The molecule has 1 heterocycles. The molecule has 0 bridgehead atoms. The second-order valence-electron chi connectivity index (χ2n) is 7.77. The molecule has 1 saturated carbocycles. The lowest BCUT2D eigenvalue weighted by Gasteiger charge is -2.25. The van der Waals surface area contributed by atoms with Crippen molar-refractivity contribution in [2.45, 2.75) is 74.8 Å². The number of nitrogens with one attached hydrogen (secondary N) is 2. The first kappa shape index (κ1) is 21.4. The zero-order chi connectivity index (χ0) is 20.0. The van der Waals surface area contributed by atoms with E-state index in [9.17, 15) is 13.2 Å². The fourth-order valence-electron chi connectivity index (χ4n) is 4.14. The minimum Gasteiger partial charge on any atom is -0.337 e. The molecular weight excluding hydrogens is 398 g/mol. The van der Waals surface area contributed by atoms with Crippen LogP contribution in [0.1, 0.15) is 57.8 Å². The summed E-state index contributed by atoms with van der Waals surface area (Å²) in [4.78, 5) is 12.5. The van der Waals surface area contributed by atoms with Crippen molar-refractivity contribution in [1.29, 1.82) is 0 Å². The van der Waals surface area contributed by atoms with Crippen LogP contribution in [0.3, 0.4) is 0 Å². The van der Waals surface area contributed by atoms with Crippen molar-refractivity contribution in [2.75, 3.05) is 13.1 Å². The number of carbonyl (C=O) groups is 1. The maximum atomic E-state index is 13.0. The maximum absolute atomic E-state index is 13.0. The van der Waals surface area contributed by atoms with E-state index in [2.05, 4.69) is 10.6 Å². The summed E-state index contributed by atoms with van der Waals surface area (Å²) in [6.45, 7) is 0.782. The molecule has 2 amide bonds. The molecule has 1 aliphatic carbocycles. The monoisotopic (exact) mass is 427 g/mol. The number of carbonyl (C=O) groups excluding carboxylic acids is 1. The van der Waals surface area contributed by atoms with Gasteiger partial charge in [0.1, 0.15) is 0 Å². The van der Waals surface area contributed by atoms with E-state index >= 15 is 0 Å². The Morgan fingerprint density at radius 2 is 1.79 bits per heavy atom. The summed E-state index contributed by atoms with van der Waals surface area (Å²) in [6.07, 6.45) is 9.63. The predicted octanol–water partition coefficient (Wildman–Crippen LogP) is 3.91. The lowest BCUT2D eigenvalue weighted by molar-refractivity contribution is 0.231. The van der Waals surface area contributed by atoms with E-state index in [1.165, 1.54) is 29.6 Å². The first-order valence-electron chi connectivity index (χ1n) is 10.3. The van der Waals surface area contributed by atoms with Crippen LogP contribution in [0.2, 0.25) is 5.02 Å². The molecule has 1 aromatic rings. The van der Waals surface area contributed by atoms with Crippen LogP contribution in [0, 0.1) is 0 Å². The molecule has 1 saturated heterocycles. The zero-order valence-electron chi connectivity index (χ0n) is 16.2. The number of benzene rings is 1. The second-order valence-corrected chi connectivity index (χ2v) is 10.1. The fraction of sp³-hybridized carbons (Fsp3) is 0.650. The average molecular weight is 428 g/mol. The minimum atomic E-state index is -3.62. The smallest absolute Gasteiger partial charge is 0.315 e. The van der Waals surface area contributed by atoms with Gasteiger partial charge in [0, 0.05) is 30.2 Å². The third-order valence-electron chi connectivity index (χ3n) is 5.66. The summed E-state index contributed by atoms with van der Waals surface area (Å²) in [6, 6.07) is 6.12. The van der Waals surface area contributed by atoms with Gasteiger partial charge in [-0.1, -0.05) is 49.8 Å². The highest BCUT2D eigenvalue weighted by Crippen LogP contribution is 2.27. The predicted molar refractivity (Wildman–Crippen MR) is 111 cm³/mol. The molecule has 0 radical (unpaired) electrons. The van der Waals surface area contributed by atoms with Crippen molar-refractivity contribution in [1.82, 2.24) is 14.9 Å². The number of hydrogen-bond acceptors (Lipinski definition) is 3. The van der Waals surface area contributed by atoms with Gasteiger partial charge in [0.25, 0.3) is 0 Å². The van der Waals surface area contributed by atoms with Crippen LogP contribution < -0.4 is 10.6 Å². The number of nitrogens with zero attached hydrogens (tertiary/aromatic N) is 1. The Balaban J connectivity index is 1.55. The van der Waals surface area contributed by atoms with Crippen LogP contribution in [0.5, 0.6) is 0 Å². The van der Waals surface area contributed by atoms with Crippen LogP contribution in [0.15, 0.2) is 29.2 Å². The van der Waals surface area contributed by atoms with E-state index in [1.807, 2.05) is 0 Å². The molecule has 1 unspecified atom stereocenters. The summed E-state index contributed by atoms with van der Waals surface area (Å²) in [5, 5.41) is 6.36. The maximum Gasteiger partial charge on any atom is 0.315 e. The van der Waals surface area contributed by atoms with E-state index < -0.39 is 10.0 Å². The Bertz CT molecular complexity index is 764. The topological polar surface area (TPSA) is 78.5 Å². The second kappa shape index (κ2) is 9.94. The molecule has 1 aliphatic heterocycles. The molecule has 6 nitrogen and oxygen atoms in total. The van der Waals surface area contributed by atoms with Crippen LogP contribution in [0.4, 0.5) is 4.79 Å². The quantitative estimate of drug-likeness (QED) is 0.747. The highest BCUT2D eigenvalue weighted by Gasteiger charge is 2.35. The van der Waals surface area contributed by atoms with Gasteiger partial charge in [-0.3, -0.25) is 0 Å². The van der Waals surface area contributed by atoms with Gasteiger partial charge in [0.2, 0.25) is 10.0 Å². The fourth-order valence-corrected chi connectivity index (χ4v) is 6.13. The molecule has 2 aliphatic rings. The van der Waals surface area contributed by atoms with E-state index in [0.717, 1.165) is 38.5 Å². The Labute approximate surface area is 173 Å². The summed E-state index contributed by atoms with van der Waals surface area (Å²) in [5.41, 5.74) is 0. The number of halogens is 1. The molecule has 0 aromatic heterocycles. The highest BCUT2D eigenvalue weighted by atomic mass is 35.5. The van der Waals surface area contributed by atoms with Gasteiger partial charge in [-0.15, -0.1) is 0 Å². The number of urea groups is 1. The Kier molecular flexibility index (Phi) is 7.60. The third kappa shape index (κ3) is 5.61. The summed E-state index contributed by atoms with van der Waals surface area (Å²) < 4.78 is 27.4.